The van der Waals surface area contributed by atoms with Crippen molar-refractivity contribution in [2.75, 3.05) is 0 Å². The fourth-order valence-corrected chi connectivity index (χ4v) is 1.12. The minimum absolute atomic E-state index is 0.0367. The van der Waals surface area contributed by atoms with E-state index in [0.717, 1.165) is 0 Å². The van der Waals surface area contributed by atoms with Gasteiger partial charge in [-0.2, -0.15) is 0 Å². The number of allylic oxidation sites excluding steroid dienone is 2. The van der Waals surface area contributed by atoms with Gasteiger partial charge in [0.05, 0.1) is 5.60 Å². The third-order valence-electron chi connectivity index (χ3n) is 1.75. The lowest BCUT2D eigenvalue weighted by Crippen LogP contribution is -2.24. The van der Waals surface area contributed by atoms with Crippen LogP contribution in [-0.4, -0.2) is 16.5 Å². The summed E-state index contributed by atoms with van der Waals surface area (Å²) < 4.78 is 0. The number of hydrogen-bond acceptors (Lipinski definition) is 2. The molecule has 1 rings (SSSR count). The number of rotatable bonds is 1. The number of ketones is 1. The molecule has 2 heteroatoms. The van der Waals surface area contributed by atoms with Crippen LogP contribution in [0, 0.1) is 0 Å². The maximum absolute atomic E-state index is 10.9. The molecule has 0 aromatic heterocycles. The molecule has 0 aromatic rings. The zero-order valence-electron chi connectivity index (χ0n) is 6.79. The lowest BCUT2D eigenvalue weighted by atomic mass is 9.90. The highest BCUT2D eigenvalue weighted by Gasteiger charge is 2.22. The molecule has 1 aliphatic rings. The highest BCUT2D eigenvalue weighted by atomic mass is 16.3. The number of carbonyl (C=O) groups excluding carboxylic acids is 1. The Morgan fingerprint density at radius 1 is 1.73 bits per heavy atom. The van der Waals surface area contributed by atoms with E-state index in [2.05, 4.69) is 0 Å². The molecule has 1 atom stereocenters. The van der Waals surface area contributed by atoms with E-state index < -0.39 is 5.60 Å². The third-order valence-corrected chi connectivity index (χ3v) is 1.75. The van der Waals surface area contributed by atoms with Crippen molar-refractivity contribution in [3.63, 3.8) is 0 Å². The Balaban J connectivity index is 2.81. The van der Waals surface area contributed by atoms with Gasteiger partial charge in [-0.1, -0.05) is 18.2 Å². The molecule has 1 N–H and O–H groups in total. The van der Waals surface area contributed by atoms with Crippen LogP contribution in [-0.2, 0) is 4.79 Å². The van der Waals surface area contributed by atoms with Crippen LogP contribution < -0.4 is 0 Å². The Kier molecular flexibility index (Phi) is 1.96. The second kappa shape index (κ2) is 2.62. The summed E-state index contributed by atoms with van der Waals surface area (Å²) >= 11 is 0. The molecule has 60 valence electrons. The molecule has 0 spiro atoms. The second-order valence-electron chi connectivity index (χ2n) is 3.14. The van der Waals surface area contributed by atoms with Crippen molar-refractivity contribution in [3.05, 3.63) is 23.8 Å². The summed E-state index contributed by atoms with van der Waals surface area (Å²) in [7, 11) is 0. The molecule has 0 bridgehead atoms. The smallest absolute Gasteiger partial charge is 0.155 e. The molecule has 0 saturated carbocycles. The molecule has 0 amide bonds. The van der Waals surface area contributed by atoms with Gasteiger partial charge in [0.1, 0.15) is 0 Å². The monoisotopic (exact) mass is 152 g/mol. The molecule has 1 unspecified atom stereocenters. The minimum Gasteiger partial charge on any atom is -0.386 e. The van der Waals surface area contributed by atoms with Crippen LogP contribution in [0.4, 0.5) is 0 Å². The van der Waals surface area contributed by atoms with Crippen LogP contribution in [0.25, 0.3) is 0 Å². The molecule has 0 radical (unpaired) electrons. The van der Waals surface area contributed by atoms with Gasteiger partial charge in [0, 0.05) is 6.42 Å². The van der Waals surface area contributed by atoms with Gasteiger partial charge in [0.15, 0.2) is 5.78 Å². The molecule has 0 heterocycles. The maximum atomic E-state index is 10.9. The van der Waals surface area contributed by atoms with Crippen molar-refractivity contribution in [1.82, 2.24) is 0 Å². The molecular weight excluding hydrogens is 140 g/mol. The van der Waals surface area contributed by atoms with Crippen molar-refractivity contribution in [2.45, 2.75) is 25.9 Å². The van der Waals surface area contributed by atoms with Crippen molar-refractivity contribution in [2.24, 2.45) is 0 Å². The molecule has 0 fully saturated rings. The van der Waals surface area contributed by atoms with Crippen LogP contribution in [0.5, 0.6) is 0 Å². The van der Waals surface area contributed by atoms with Gasteiger partial charge in [-0.3, -0.25) is 4.79 Å². The summed E-state index contributed by atoms with van der Waals surface area (Å²) in [6.45, 7) is 3.21. The molecule has 1 aliphatic carbocycles. The lowest BCUT2D eigenvalue weighted by molar-refractivity contribution is -0.114. The SMILES string of the molecule is CC(=O)C1=CC=CC(C)(O)C1. The normalized spacial score (nSPS) is 29.9. The fraction of sp³-hybridized carbons (Fsp3) is 0.444. The first kappa shape index (κ1) is 8.21. The lowest BCUT2D eigenvalue weighted by Gasteiger charge is -2.22. The summed E-state index contributed by atoms with van der Waals surface area (Å²) in [5, 5.41) is 9.51. The number of Topliss-reactive ketones (excluding diaryl/α,β-unsaturated/α-hetero) is 1. The van der Waals surface area contributed by atoms with E-state index >= 15 is 0 Å². The van der Waals surface area contributed by atoms with Crippen LogP contribution in [0.2, 0.25) is 0 Å². The van der Waals surface area contributed by atoms with Gasteiger partial charge in [0.25, 0.3) is 0 Å². The van der Waals surface area contributed by atoms with Gasteiger partial charge >= 0.3 is 0 Å². The van der Waals surface area contributed by atoms with Gasteiger partial charge in [-0.05, 0) is 19.4 Å². The van der Waals surface area contributed by atoms with E-state index in [1.54, 1.807) is 25.2 Å². The van der Waals surface area contributed by atoms with E-state index in [4.69, 9.17) is 0 Å². The first-order valence-electron chi connectivity index (χ1n) is 3.63. The van der Waals surface area contributed by atoms with Gasteiger partial charge < -0.3 is 5.11 Å². The van der Waals surface area contributed by atoms with Crippen molar-refractivity contribution >= 4 is 5.78 Å². The Morgan fingerprint density at radius 2 is 2.36 bits per heavy atom. The summed E-state index contributed by atoms with van der Waals surface area (Å²) in [6.07, 6.45) is 5.60. The summed E-state index contributed by atoms with van der Waals surface area (Å²) in [6, 6.07) is 0. The first-order valence-corrected chi connectivity index (χ1v) is 3.63. The average Bonchev–Trinajstić information content (AvgIpc) is 1.85. The molecule has 11 heavy (non-hydrogen) atoms. The zero-order chi connectivity index (χ0) is 8.48. The van der Waals surface area contributed by atoms with E-state index in [9.17, 15) is 9.90 Å². The topological polar surface area (TPSA) is 37.3 Å². The first-order chi connectivity index (χ1) is 5.01. The Hall–Kier alpha value is -0.890. The Labute approximate surface area is 66.2 Å². The van der Waals surface area contributed by atoms with Crippen molar-refractivity contribution in [1.29, 1.82) is 0 Å². The molecule has 0 aromatic carbocycles. The van der Waals surface area contributed by atoms with E-state index in [0.29, 0.717) is 12.0 Å². The number of aliphatic hydroxyl groups is 1. The van der Waals surface area contributed by atoms with Crippen molar-refractivity contribution < 1.29 is 9.90 Å². The zero-order valence-corrected chi connectivity index (χ0v) is 6.79. The molecule has 0 aliphatic heterocycles. The van der Waals surface area contributed by atoms with Crippen LogP contribution in [0.1, 0.15) is 20.3 Å². The predicted octanol–water partition coefficient (Wildman–Crippen LogP) is 1.21. The molecule has 0 saturated heterocycles. The fourth-order valence-electron chi connectivity index (χ4n) is 1.12. The van der Waals surface area contributed by atoms with Crippen LogP contribution >= 0.6 is 0 Å². The largest absolute Gasteiger partial charge is 0.386 e. The highest BCUT2D eigenvalue weighted by molar-refractivity contribution is 5.94. The van der Waals surface area contributed by atoms with Crippen LogP contribution in [0.15, 0.2) is 23.8 Å². The Bertz CT molecular complexity index is 234. The molecule has 2 nitrogen and oxygen atoms in total. The summed E-state index contributed by atoms with van der Waals surface area (Å²) in [4.78, 5) is 10.9. The van der Waals surface area contributed by atoms with Crippen molar-refractivity contribution in [3.8, 4) is 0 Å². The predicted molar refractivity (Wildman–Crippen MR) is 43.1 cm³/mol. The quantitative estimate of drug-likeness (QED) is 0.613. The number of hydrogen-bond donors (Lipinski definition) is 1. The summed E-state index contributed by atoms with van der Waals surface area (Å²) in [5.74, 6) is 0.0367. The second-order valence-corrected chi connectivity index (χ2v) is 3.14. The maximum Gasteiger partial charge on any atom is 0.155 e. The molecular formula is C9H12O2. The average molecular weight is 152 g/mol. The van der Waals surface area contributed by atoms with E-state index in [-0.39, 0.29) is 5.78 Å². The van der Waals surface area contributed by atoms with Crippen LogP contribution in [0.3, 0.4) is 0 Å². The Morgan fingerprint density at radius 3 is 2.73 bits per heavy atom. The highest BCUT2D eigenvalue weighted by Crippen LogP contribution is 2.22. The number of carbonyl (C=O) groups is 1. The van der Waals surface area contributed by atoms with Gasteiger partial charge in [-0.25, -0.2) is 0 Å². The third kappa shape index (κ3) is 2.02. The van der Waals surface area contributed by atoms with E-state index in [1.807, 2.05) is 0 Å². The summed E-state index contributed by atoms with van der Waals surface area (Å²) in [5.41, 5.74) is -0.145. The standard InChI is InChI=1S/C9H12O2/c1-7(10)8-4-3-5-9(2,11)6-8/h3-5,11H,6H2,1-2H3. The minimum atomic E-state index is -0.838. The van der Waals surface area contributed by atoms with E-state index in [1.165, 1.54) is 6.92 Å². The van der Waals surface area contributed by atoms with Gasteiger partial charge in [0.2, 0.25) is 0 Å². The van der Waals surface area contributed by atoms with Gasteiger partial charge in [-0.15, -0.1) is 0 Å².